The van der Waals surface area contributed by atoms with Gasteiger partial charge in [-0.25, -0.2) is 4.79 Å². The SMILES string of the molecule is C=C(NOCCC(=O)c1ccccc1)C(=O)O. The van der Waals surface area contributed by atoms with Gasteiger partial charge in [0.15, 0.2) is 5.78 Å². The van der Waals surface area contributed by atoms with Crippen LogP contribution in [0.4, 0.5) is 0 Å². The maximum absolute atomic E-state index is 11.6. The second kappa shape index (κ2) is 6.44. The van der Waals surface area contributed by atoms with E-state index in [9.17, 15) is 9.59 Å². The zero-order valence-electron chi connectivity index (χ0n) is 9.18. The second-order valence-electron chi connectivity index (χ2n) is 3.27. The van der Waals surface area contributed by atoms with Gasteiger partial charge < -0.3 is 5.11 Å². The molecule has 17 heavy (non-hydrogen) atoms. The lowest BCUT2D eigenvalue weighted by Gasteiger charge is -2.05. The highest BCUT2D eigenvalue weighted by atomic mass is 16.6. The lowest BCUT2D eigenvalue weighted by atomic mass is 10.1. The van der Waals surface area contributed by atoms with Crippen molar-refractivity contribution in [2.75, 3.05) is 6.61 Å². The molecule has 0 saturated heterocycles. The number of hydroxylamine groups is 1. The van der Waals surface area contributed by atoms with Crippen molar-refractivity contribution < 1.29 is 19.5 Å². The molecule has 0 aromatic heterocycles. The molecule has 5 nitrogen and oxygen atoms in total. The number of hydrogen-bond donors (Lipinski definition) is 2. The topological polar surface area (TPSA) is 75.6 Å². The van der Waals surface area contributed by atoms with E-state index in [0.29, 0.717) is 5.56 Å². The van der Waals surface area contributed by atoms with Crippen molar-refractivity contribution in [3.8, 4) is 0 Å². The molecular formula is C12H13NO4. The average molecular weight is 235 g/mol. The van der Waals surface area contributed by atoms with Crippen molar-refractivity contribution in [2.24, 2.45) is 0 Å². The van der Waals surface area contributed by atoms with Crippen LogP contribution >= 0.6 is 0 Å². The minimum atomic E-state index is -1.20. The van der Waals surface area contributed by atoms with E-state index in [1.807, 2.05) is 6.07 Å². The Morgan fingerprint density at radius 2 is 1.94 bits per heavy atom. The number of carboxylic acids is 1. The summed E-state index contributed by atoms with van der Waals surface area (Å²) in [6, 6.07) is 8.81. The first kappa shape index (κ1) is 12.9. The van der Waals surface area contributed by atoms with Gasteiger partial charge in [-0.15, -0.1) is 0 Å². The fourth-order valence-electron chi connectivity index (χ4n) is 1.09. The van der Waals surface area contributed by atoms with E-state index in [-0.39, 0.29) is 24.5 Å². The molecule has 0 atom stereocenters. The normalized spacial score (nSPS) is 9.65. The first-order chi connectivity index (χ1) is 8.11. The van der Waals surface area contributed by atoms with Crippen molar-refractivity contribution in [1.29, 1.82) is 0 Å². The highest BCUT2D eigenvalue weighted by Crippen LogP contribution is 2.02. The summed E-state index contributed by atoms with van der Waals surface area (Å²) in [5, 5.41) is 8.46. The maximum Gasteiger partial charge on any atom is 0.353 e. The molecular weight excluding hydrogens is 222 g/mol. The zero-order valence-corrected chi connectivity index (χ0v) is 9.18. The molecule has 0 aliphatic heterocycles. The highest BCUT2D eigenvalue weighted by molar-refractivity contribution is 5.96. The van der Waals surface area contributed by atoms with Crippen LogP contribution < -0.4 is 5.48 Å². The molecule has 1 aromatic carbocycles. The van der Waals surface area contributed by atoms with E-state index in [1.54, 1.807) is 24.3 Å². The third-order valence-corrected chi connectivity index (χ3v) is 1.98. The predicted octanol–water partition coefficient (Wildman–Crippen LogP) is 1.38. The van der Waals surface area contributed by atoms with Gasteiger partial charge in [-0.3, -0.25) is 15.1 Å². The number of hydrogen-bond acceptors (Lipinski definition) is 4. The van der Waals surface area contributed by atoms with Crippen LogP contribution in [0.2, 0.25) is 0 Å². The summed E-state index contributed by atoms with van der Waals surface area (Å²) in [5.41, 5.74) is 2.48. The number of aliphatic carboxylic acids is 1. The van der Waals surface area contributed by atoms with Crippen molar-refractivity contribution in [2.45, 2.75) is 6.42 Å². The highest BCUT2D eigenvalue weighted by Gasteiger charge is 2.06. The molecule has 0 amide bonds. The van der Waals surface area contributed by atoms with Crippen molar-refractivity contribution in [1.82, 2.24) is 5.48 Å². The minimum Gasteiger partial charge on any atom is -0.477 e. The summed E-state index contributed by atoms with van der Waals surface area (Å²) in [4.78, 5) is 26.7. The molecule has 0 bridgehead atoms. The van der Waals surface area contributed by atoms with Gasteiger partial charge in [-0.1, -0.05) is 36.9 Å². The fraction of sp³-hybridized carbons (Fsp3) is 0.167. The molecule has 1 aromatic rings. The number of carboxylic acid groups (broad SMARTS) is 1. The molecule has 2 N–H and O–H groups in total. The molecule has 0 heterocycles. The van der Waals surface area contributed by atoms with Gasteiger partial charge in [-0.05, 0) is 0 Å². The van der Waals surface area contributed by atoms with Crippen LogP contribution in [0.25, 0.3) is 0 Å². The second-order valence-corrected chi connectivity index (χ2v) is 3.27. The number of benzene rings is 1. The Bertz CT molecular complexity index is 414. The minimum absolute atomic E-state index is 0.0617. The third-order valence-electron chi connectivity index (χ3n) is 1.98. The molecule has 1 rings (SSSR count). The molecule has 0 saturated carbocycles. The molecule has 0 aliphatic rings. The monoisotopic (exact) mass is 235 g/mol. The smallest absolute Gasteiger partial charge is 0.353 e. The number of carbonyl (C=O) groups is 2. The van der Waals surface area contributed by atoms with Gasteiger partial charge in [0.1, 0.15) is 5.70 Å². The summed E-state index contributed by atoms with van der Waals surface area (Å²) in [7, 11) is 0. The quantitative estimate of drug-likeness (QED) is 0.323. The first-order valence-electron chi connectivity index (χ1n) is 4.99. The Morgan fingerprint density at radius 1 is 1.29 bits per heavy atom. The fourth-order valence-corrected chi connectivity index (χ4v) is 1.09. The van der Waals surface area contributed by atoms with Gasteiger partial charge in [0.05, 0.1) is 6.61 Å². The summed E-state index contributed by atoms with van der Waals surface area (Å²) in [6.45, 7) is 3.29. The van der Waals surface area contributed by atoms with E-state index >= 15 is 0 Å². The molecule has 0 spiro atoms. The van der Waals surface area contributed by atoms with Crippen LogP contribution in [0.5, 0.6) is 0 Å². The zero-order chi connectivity index (χ0) is 12.7. The Labute approximate surface area is 98.7 Å². The molecule has 0 radical (unpaired) electrons. The number of ketones is 1. The number of rotatable bonds is 7. The predicted molar refractivity (Wildman–Crippen MR) is 61.3 cm³/mol. The number of Topliss-reactive ketones (excluding diaryl/α,β-unsaturated/α-hetero) is 1. The Balaban J connectivity index is 2.26. The van der Waals surface area contributed by atoms with Crippen molar-refractivity contribution >= 4 is 11.8 Å². The summed E-state index contributed by atoms with van der Waals surface area (Å²) < 4.78 is 0. The van der Waals surface area contributed by atoms with Crippen LogP contribution in [0.1, 0.15) is 16.8 Å². The summed E-state index contributed by atoms with van der Waals surface area (Å²) in [6.07, 6.45) is 0.171. The van der Waals surface area contributed by atoms with Gasteiger partial charge in [-0.2, -0.15) is 0 Å². The Morgan fingerprint density at radius 3 is 2.53 bits per heavy atom. The van der Waals surface area contributed by atoms with Gasteiger partial charge in [0, 0.05) is 12.0 Å². The van der Waals surface area contributed by atoms with Crippen LogP contribution in [-0.4, -0.2) is 23.5 Å². The van der Waals surface area contributed by atoms with Gasteiger partial charge in [0.2, 0.25) is 0 Å². The van der Waals surface area contributed by atoms with E-state index in [0.717, 1.165) is 0 Å². The van der Waals surface area contributed by atoms with Crippen LogP contribution in [-0.2, 0) is 9.63 Å². The standard InChI is InChI=1S/C12H13NO4/c1-9(12(15)16)13-17-8-7-11(14)10-5-3-2-4-6-10/h2-6,13H,1,7-8H2,(H,15,16). The van der Waals surface area contributed by atoms with Crippen molar-refractivity contribution in [3.63, 3.8) is 0 Å². The first-order valence-corrected chi connectivity index (χ1v) is 4.99. The summed E-state index contributed by atoms with van der Waals surface area (Å²) in [5.74, 6) is -1.26. The van der Waals surface area contributed by atoms with Crippen LogP contribution in [0.3, 0.4) is 0 Å². The number of carbonyl (C=O) groups excluding carboxylic acids is 1. The molecule has 5 heteroatoms. The molecule has 0 unspecified atom stereocenters. The van der Waals surface area contributed by atoms with E-state index < -0.39 is 5.97 Å². The van der Waals surface area contributed by atoms with E-state index in [1.165, 1.54) is 0 Å². The van der Waals surface area contributed by atoms with Crippen LogP contribution in [0.15, 0.2) is 42.6 Å². The number of nitrogens with one attached hydrogen (secondary N) is 1. The molecule has 0 fully saturated rings. The van der Waals surface area contributed by atoms with Crippen LogP contribution in [0, 0.1) is 0 Å². The maximum atomic E-state index is 11.6. The van der Waals surface area contributed by atoms with E-state index in [4.69, 9.17) is 9.94 Å². The van der Waals surface area contributed by atoms with Crippen molar-refractivity contribution in [3.05, 3.63) is 48.2 Å². The molecule has 90 valence electrons. The van der Waals surface area contributed by atoms with E-state index in [2.05, 4.69) is 12.1 Å². The molecule has 0 aliphatic carbocycles. The Kier molecular flexibility index (Phi) is 4.90. The van der Waals surface area contributed by atoms with Gasteiger partial charge >= 0.3 is 5.97 Å². The third kappa shape index (κ3) is 4.48. The summed E-state index contributed by atoms with van der Waals surface area (Å²) >= 11 is 0. The largest absolute Gasteiger partial charge is 0.477 e. The Hall–Kier alpha value is -2.14. The lowest BCUT2D eigenvalue weighted by molar-refractivity contribution is -0.134. The van der Waals surface area contributed by atoms with Gasteiger partial charge in [0.25, 0.3) is 0 Å². The lowest BCUT2D eigenvalue weighted by Crippen LogP contribution is -2.21. The average Bonchev–Trinajstić information content (AvgIpc) is 2.35.